The van der Waals surface area contributed by atoms with E-state index >= 15 is 0 Å². The molecule has 0 bridgehead atoms. The Morgan fingerprint density at radius 2 is 2.44 bits per heavy atom. The first kappa shape index (κ1) is 9.07. The van der Waals surface area contributed by atoms with Gasteiger partial charge in [0.25, 0.3) is 0 Å². The predicted molar refractivity (Wildman–Crippen MR) is 29.0 cm³/mol. The minimum atomic E-state index is -0.375. The molecular weight excluding hydrogens is 195 g/mol. The molecule has 1 rings (SSSR count). The van der Waals surface area contributed by atoms with Crippen molar-refractivity contribution >= 4 is 6.03 Å². The van der Waals surface area contributed by atoms with Crippen molar-refractivity contribution in [1.29, 1.82) is 0 Å². The molecule has 9 heavy (non-hydrogen) atoms. The van der Waals surface area contributed by atoms with Gasteiger partial charge in [-0.25, -0.2) is 0 Å². The Bertz CT molecular complexity index is 136. The summed E-state index contributed by atoms with van der Waals surface area (Å²) in [5.41, 5.74) is 5.25. The topological polar surface area (TPSA) is 69.2 Å². The van der Waals surface area contributed by atoms with E-state index in [-0.39, 0.29) is 44.9 Å². The monoisotopic (exact) mass is 201 g/mol. The van der Waals surface area contributed by atoms with Crippen LogP contribution in [0.3, 0.4) is 0 Å². The fourth-order valence-electron chi connectivity index (χ4n) is 0.431. The molecule has 1 aliphatic rings. The summed E-state index contributed by atoms with van der Waals surface area (Å²) >= 11 is 0. The van der Waals surface area contributed by atoms with Crippen LogP contribution < -0.4 is 11.1 Å². The summed E-state index contributed by atoms with van der Waals surface area (Å²) in [4.78, 5) is 10.3. The van der Waals surface area contributed by atoms with Crippen molar-refractivity contribution in [2.75, 3.05) is 0 Å². The molecule has 0 aromatic heterocycles. The smallest absolute Gasteiger partial charge is 0.157 e. The van der Waals surface area contributed by atoms with E-state index in [0.717, 1.165) is 0 Å². The van der Waals surface area contributed by atoms with Crippen LogP contribution in [0.5, 0.6) is 0 Å². The molecule has 1 unspecified atom stereocenters. The Balaban J connectivity index is 0.000000640. The van der Waals surface area contributed by atoms with Gasteiger partial charge in [0.2, 0.25) is 0 Å². The summed E-state index contributed by atoms with van der Waals surface area (Å²) in [5.74, 6) is 0. The van der Waals surface area contributed by atoms with Crippen LogP contribution in [0.4, 0.5) is 4.79 Å². The number of amides is 2. The van der Waals surface area contributed by atoms with Gasteiger partial charge in [-0.2, -0.15) is 0 Å². The second-order valence-electron chi connectivity index (χ2n) is 1.45. The molecule has 2 amide bonds. The van der Waals surface area contributed by atoms with Crippen LogP contribution in [0.1, 0.15) is 0 Å². The number of nitrogens with two attached hydrogens (primary N) is 1. The summed E-state index contributed by atoms with van der Waals surface area (Å²) < 4.78 is 0. The number of nitrogens with one attached hydrogen (secondary N) is 1. The zero-order valence-electron chi connectivity index (χ0n) is 4.74. The van der Waals surface area contributed by atoms with E-state index < -0.39 is 0 Å². The molecule has 0 saturated heterocycles. The maximum absolute atomic E-state index is 10.3. The first-order valence-corrected chi connectivity index (χ1v) is 2.22. The van der Waals surface area contributed by atoms with Gasteiger partial charge in [-0.3, -0.25) is 4.79 Å². The first-order valence-electron chi connectivity index (χ1n) is 2.22. The summed E-state index contributed by atoms with van der Waals surface area (Å²) in [6, 6.07) is -0.375. The van der Waals surface area contributed by atoms with E-state index in [1.165, 1.54) is 6.20 Å². The fraction of sp³-hybridized carbons (Fsp3) is 0.250. The summed E-state index contributed by atoms with van der Waals surface area (Å²) in [5, 5.41) is 5.73. The second kappa shape index (κ2) is 3.98. The normalized spacial score (nSPS) is 23.7. The molecule has 4 nitrogen and oxygen atoms in total. The van der Waals surface area contributed by atoms with Crippen molar-refractivity contribution < 1.29 is 37.5 Å². The summed E-state index contributed by atoms with van der Waals surface area (Å²) in [6.07, 6.45) is 2.63. The van der Waals surface area contributed by atoms with Gasteiger partial charge in [0.15, 0.2) is 6.03 Å². The van der Waals surface area contributed by atoms with Gasteiger partial charge in [-0.1, -0.05) is 12.3 Å². The minimum absolute atomic E-state index is 0. The van der Waals surface area contributed by atoms with Crippen LogP contribution in [0.25, 0.3) is 5.32 Å². The van der Waals surface area contributed by atoms with Crippen molar-refractivity contribution in [3.63, 3.8) is 0 Å². The zero-order valence-corrected chi connectivity index (χ0v) is 7.58. The van der Waals surface area contributed by atoms with Crippen LogP contribution >= 0.6 is 0 Å². The van der Waals surface area contributed by atoms with Crippen molar-refractivity contribution in [3.05, 3.63) is 17.6 Å². The van der Waals surface area contributed by atoms with Crippen molar-refractivity contribution in [3.8, 4) is 0 Å². The van der Waals surface area contributed by atoms with Crippen LogP contribution in [0.15, 0.2) is 12.3 Å². The van der Waals surface area contributed by atoms with Crippen molar-refractivity contribution in [2.45, 2.75) is 6.17 Å². The average molecular weight is 201 g/mol. The van der Waals surface area contributed by atoms with Crippen LogP contribution in [-0.4, -0.2) is 12.2 Å². The second-order valence-corrected chi connectivity index (χ2v) is 1.45. The molecule has 0 spiro atoms. The van der Waals surface area contributed by atoms with Crippen LogP contribution in [0, 0.1) is 0 Å². The number of nitrogens with zero attached hydrogens (tertiary/aromatic N) is 1. The molecule has 1 radical (unpaired) electrons. The maximum Gasteiger partial charge on any atom is 0.157 e. The molecule has 5 heteroatoms. The number of carbonyl (C=O) groups excluding carboxylic acids is 1. The van der Waals surface area contributed by atoms with Gasteiger partial charge in [0.05, 0.1) is 0 Å². The number of urea groups is 1. The maximum atomic E-state index is 10.3. The molecule has 3 N–H and O–H groups in total. The molecule has 1 heterocycles. The quantitative estimate of drug-likeness (QED) is 0.573. The molecule has 0 saturated carbocycles. The minimum Gasteiger partial charge on any atom is -0.431 e. The number of hydrogen-bond acceptors (Lipinski definition) is 2. The summed E-state index contributed by atoms with van der Waals surface area (Å²) in [6.45, 7) is 0. The van der Waals surface area contributed by atoms with E-state index in [2.05, 4.69) is 10.6 Å². The Morgan fingerprint density at radius 3 is 2.78 bits per heavy atom. The van der Waals surface area contributed by atoms with Gasteiger partial charge < -0.3 is 16.4 Å². The van der Waals surface area contributed by atoms with Gasteiger partial charge in [0.1, 0.15) is 0 Å². The molecule has 0 aromatic rings. The van der Waals surface area contributed by atoms with Gasteiger partial charge in [-0.05, 0) is 0 Å². The van der Waals surface area contributed by atoms with Gasteiger partial charge >= 0.3 is 0 Å². The Labute approximate surface area is 78.1 Å². The third-order valence-corrected chi connectivity index (χ3v) is 0.775. The van der Waals surface area contributed by atoms with Crippen molar-refractivity contribution in [1.82, 2.24) is 5.32 Å². The molecular formula is C4H6N3OY-. The standard InChI is InChI=1S/C4H7N3O.Y/c5-3-1-2-6-4(8)7-3;/h1-3H,5H2,(H2,6,7,8);/p-1. The van der Waals surface area contributed by atoms with E-state index in [4.69, 9.17) is 5.73 Å². The molecule has 1 atom stereocenters. The Morgan fingerprint density at radius 1 is 1.78 bits per heavy atom. The number of carbonyl (C=O) groups is 1. The van der Waals surface area contributed by atoms with Crippen molar-refractivity contribution in [2.24, 2.45) is 5.73 Å². The van der Waals surface area contributed by atoms with E-state index in [1.54, 1.807) is 6.08 Å². The largest absolute Gasteiger partial charge is 0.431 e. The molecule has 0 aromatic carbocycles. The number of hydrogen-bond donors (Lipinski definition) is 2. The molecule has 47 valence electrons. The first-order chi connectivity index (χ1) is 3.79. The SMILES string of the molecule is NC1C=C[N-]C(=O)N1.[Y]. The third kappa shape index (κ3) is 2.94. The fourth-order valence-corrected chi connectivity index (χ4v) is 0.431. The number of rotatable bonds is 0. The molecule has 0 aliphatic carbocycles. The van der Waals surface area contributed by atoms with Crippen LogP contribution in [-0.2, 0) is 32.7 Å². The Hall–Kier alpha value is 0.0739. The van der Waals surface area contributed by atoms with E-state index in [9.17, 15) is 4.79 Å². The summed E-state index contributed by atoms with van der Waals surface area (Å²) in [7, 11) is 0. The van der Waals surface area contributed by atoms with E-state index in [0.29, 0.717) is 0 Å². The van der Waals surface area contributed by atoms with Crippen LogP contribution in [0.2, 0.25) is 0 Å². The van der Waals surface area contributed by atoms with E-state index in [1.807, 2.05) is 0 Å². The van der Waals surface area contributed by atoms with Gasteiger partial charge in [0, 0.05) is 38.9 Å². The predicted octanol–water partition coefficient (Wildman–Crippen LogP) is -0.121. The third-order valence-electron chi connectivity index (χ3n) is 0.775. The van der Waals surface area contributed by atoms with Gasteiger partial charge in [-0.15, -0.1) is 0 Å². The zero-order chi connectivity index (χ0) is 5.98. The average Bonchev–Trinajstić information content (AvgIpc) is 1.64. The molecule has 0 fully saturated rings. The molecule has 1 aliphatic heterocycles. The Kier molecular flexibility index (Phi) is 4.01.